The van der Waals surface area contributed by atoms with Crippen LogP contribution in [-0.4, -0.2) is 41.1 Å². The van der Waals surface area contributed by atoms with Gasteiger partial charge in [-0.3, -0.25) is 0 Å². The van der Waals surface area contributed by atoms with Gasteiger partial charge in [0.2, 0.25) is 11.8 Å². The van der Waals surface area contributed by atoms with Crippen LogP contribution in [0.3, 0.4) is 0 Å². The number of anilines is 2. The normalized spacial score (nSPS) is 17.6. The van der Waals surface area contributed by atoms with E-state index in [1.165, 1.54) is 5.56 Å². The van der Waals surface area contributed by atoms with E-state index in [1.807, 2.05) is 67.5 Å². The summed E-state index contributed by atoms with van der Waals surface area (Å²) in [6.45, 7) is 2.80. The van der Waals surface area contributed by atoms with Crippen LogP contribution in [0.5, 0.6) is 11.6 Å². The van der Waals surface area contributed by atoms with E-state index in [-0.39, 0.29) is 0 Å². The van der Waals surface area contributed by atoms with Gasteiger partial charge in [-0.15, -0.1) is 0 Å². The average Bonchev–Trinajstić information content (AvgIpc) is 2.90. The van der Waals surface area contributed by atoms with Crippen LogP contribution in [0.4, 0.5) is 11.8 Å². The molecule has 7 nitrogen and oxygen atoms in total. The molecule has 2 heterocycles. The van der Waals surface area contributed by atoms with Gasteiger partial charge in [0.1, 0.15) is 11.6 Å². The quantitative estimate of drug-likeness (QED) is 0.333. The molecular weight excluding hydrogens is 448 g/mol. The van der Waals surface area contributed by atoms with Gasteiger partial charge in [0.15, 0.2) is 0 Å². The van der Waals surface area contributed by atoms with Crippen LogP contribution in [-0.2, 0) is 6.54 Å². The molecule has 7 heteroatoms. The smallest absolute Gasteiger partial charge is 0.225 e. The minimum absolute atomic E-state index is 0.373. The minimum Gasteiger partial charge on any atom is -0.439 e. The van der Waals surface area contributed by atoms with Crippen molar-refractivity contribution in [1.82, 2.24) is 20.3 Å². The summed E-state index contributed by atoms with van der Waals surface area (Å²) in [6.07, 6.45) is 6.12. The fourth-order valence-electron chi connectivity index (χ4n) is 4.71. The number of aromatic nitrogens is 3. The third kappa shape index (κ3) is 5.74. The molecule has 0 atom stereocenters. The summed E-state index contributed by atoms with van der Waals surface area (Å²) in [5.41, 5.74) is 3.24. The van der Waals surface area contributed by atoms with Crippen molar-refractivity contribution in [1.29, 1.82) is 0 Å². The van der Waals surface area contributed by atoms with Gasteiger partial charge >= 0.3 is 0 Å². The molecular formula is C29H34N6O. The SMILES string of the molecule is Cc1ccc(Oc2ncccc2CNC2CCC(Nc3nc(N(C)C)c4ccccc4n3)CC2)cc1. The zero-order valence-corrected chi connectivity index (χ0v) is 21.2. The topological polar surface area (TPSA) is 75.2 Å². The van der Waals surface area contributed by atoms with Crippen LogP contribution in [0, 0.1) is 6.92 Å². The van der Waals surface area contributed by atoms with Crippen molar-refractivity contribution in [2.24, 2.45) is 0 Å². The highest BCUT2D eigenvalue weighted by molar-refractivity contribution is 5.90. The van der Waals surface area contributed by atoms with E-state index in [0.29, 0.717) is 23.9 Å². The molecule has 1 saturated carbocycles. The standard InChI is InChI=1S/C29H34N6O/c1-20-10-16-24(17-11-20)36-28-21(7-6-18-30-28)19-31-22-12-14-23(15-13-22)32-29-33-26-9-5-4-8-25(26)27(34-29)35(2)3/h4-11,16-18,22-23,31H,12-15,19H2,1-3H3,(H,32,33,34). The van der Waals surface area contributed by atoms with Gasteiger partial charge in [-0.05, 0) is 62.9 Å². The van der Waals surface area contributed by atoms with E-state index in [9.17, 15) is 0 Å². The first-order chi connectivity index (χ1) is 17.5. The molecule has 36 heavy (non-hydrogen) atoms. The van der Waals surface area contributed by atoms with E-state index < -0.39 is 0 Å². The molecule has 2 aromatic heterocycles. The van der Waals surface area contributed by atoms with E-state index in [0.717, 1.165) is 60.3 Å². The Hall–Kier alpha value is -3.71. The molecule has 4 aromatic rings. The number of nitrogens with one attached hydrogen (secondary N) is 2. The number of nitrogens with zero attached hydrogens (tertiary/aromatic N) is 4. The highest BCUT2D eigenvalue weighted by Crippen LogP contribution is 2.27. The first-order valence-electron chi connectivity index (χ1n) is 12.7. The number of hydrogen-bond donors (Lipinski definition) is 2. The summed E-state index contributed by atoms with van der Waals surface area (Å²) in [7, 11) is 4.05. The Morgan fingerprint density at radius 2 is 1.64 bits per heavy atom. The van der Waals surface area contributed by atoms with Crippen LogP contribution in [0.15, 0.2) is 66.9 Å². The van der Waals surface area contributed by atoms with Crippen LogP contribution in [0.2, 0.25) is 0 Å². The van der Waals surface area contributed by atoms with Crippen molar-refractivity contribution >= 4 is 22.7 Å². The number of hydrogen-bond acceptors (Lipinski definition) is 7. The number of ether oxygens (including phenoxy) is 1. The van der Waals surface area contributed by atoms with Crippen molar-refractivity contribution in [2.75, 3.05) is 24.3 Å². The Morgan fingerprint density at radius 3 is 2.42 bits per heavy atom. The molecule has 0 unspecified atom stereocenters. The molecule has 0 amide bonds. The summed E-state index contributed by atoms with van der Waals surface area (Å²) in [5.74, 6) is 3.12. The fraction of sp³-hybridized carbons (Fsp3) is 0.345. The Labute approximate surface area is 213 Å². The third-order valence-electron chi connectivity index (χ3n) is 6.73. The second-order valence-electron chi connectivity index (χ2n) is 9.74. The molecule has 2 N–H and O–H groups in total. The Morgan fingerprint density at radius 1 is 0.889 bits per heavy atom. The maximum absolute atomic E-state index is 6.07. The molecule has 0 radical (unpaired) electrons. The lowest BCUT2D eigenvalue weighted by Gasteiger charge is -2.30. The molecule has 1 aliphatic carbocycles. The summed E-state index contributed by atoms with van der Waals surface area (Å²) in [4.78, 5) is 16.1. The molecule has 0 bridgehead atoms. The lowest BCUT2D eigenvalue weighted by atomic mass is 9.91. The van der Waals surface area contributed by atoms with Crippen LogP contribution < -0.4 is 20.3 Å². The molecule has 2 aromatic carbocycles. The third-order valence-corrected chi connectivity index (χ3v) is 6.73. The number of aryl methyl sites for hydroxylation is 1. The van der Waals surface area contributed by atoms with Crippen LogP contribution >= 0.6 is 0 Å². The zero-order chi connectivity index (χ0) is 24.9. The largest absolute Gasteiger partial charge is 0.439 e. The molecule has 186 valence electrons. The first-order valence-corrected chi connectivity index (χ1v) is 12.7. The number of para-hydroxylation sites is 1. The lowest BCUT2D eigenvalue weighted by molar-refractivity contribution is 0.349. The predicted molar refractivity (Wildman–Crippen MR) is 146 cm³/mol. The zero-order valence-electron chi connectivity index (χ0n) is 21.2. The van der Waals surface area contributed by atoms with Crippen molar-refractivity contribution in [3.05, 3.63) is 78.0 Å². The van der Waals surface area contributed by atoms with Gasteiger partial charge in [-0.1, -0.05) is 35.9 Å². The molecule has 0 spiro atoms. The average molecular weight is 483 g/mol. The van der Waals surface area contributed by atoms with Crippen molar-refractivity contribution < 1.29 is 4.74 Å². The van der Waals surface area contributed by atoms with Crippen LogP contribution in [0.1, 0.15) is 36.8 Å². The summed E-state index contributed by atoms with van der Waals surface area (Å²) >= 11 is 0. The highest BCUT2D eigenvalue weighted by atomic mass is 16.5. The maximum atomic E-state index is 6.07. The predicted octanol–water partition coefficient (Wildman–Crippen LogP) is 5.70. The van der Waals surface area contributed by atoms with E-state index >= 15 is 0 Å². The van der Waals surface area contributed by atoms with Crippen molar-refractivity contribution in [2.45, 2.75) is 51.2 Å². The van der Waals surface area contributed by atoms with Gasteiger partial charge in [-0.25, -0.2) is 9.97 Å². The Kier molecular flexibility index (Phi) is 7.28. The van der Waals surface area contributed by atoms with E-state index in [1.54, 1.807) is 6.20 Å². The van der Waals surface area contributed by atoms with Gasteiger partial charge < -0.3 is 20.3 Å². The van der Waals surface area contributed by atoms with Crippen molar-refractivity contribution in [3.63, 3.8) is 0 Å². The number of rotatable bonds is 8. The fourth-order valence-corrected chi connectivity index (χ4v) is 4.71. The maximum Gasteiger partial charge on any atom is 0.225 e. The summed E-state index contributed by atoms with van der Waals surface area (Å²) in [5, 5.41) is 8.39. The van der Waals surface area contributed by atoms with Gasteiger partial charge in [0.25, 0.3) is 0 Å². The molecule has 0 saturated heterocycles. The van der Waals surface area contributed by atoms with Crippen LogP contribution in [0.25, 0.3) is 10.9 Å². The number of benzene rings is 2. The lowest BCUT2D eigenvalue weighted by Crippen LogP contribution is -2.37. The minimum atomic E-state index is 0.373. The van der Waals surface area contributed by atoms with Gasteiger partial charge in [0, 0.05) is 49.9 Å². The first kappa shape index (κ1) is 24.0. The Balaban J connectivity index is 1.16. The molecule has 1 fully saturated rings. The monoisotopic (exact) mass is 482 g/mol. The van der Waals surface area contributed by atoms with Gasteiger partial charge in [-0.2, -0.15) is 4.98 Å². The summed E-state index contributed by atoms with van der Waals surface area (Å²) in [6, 6.07) is 21.1. The van der Waals surface area contributed by atoms with E-state index in [2.05, 4.69) is 34.7 Å². The van der Waals surface area contributed by atoms with E-state index in [4.69, 9.17) is 14.7 Å². The number of fused-ring (bicyclic) bond motifs is 1. The molecule has 1 aliphatic rings. The number of pyridine rings is 1. The summed E-state index contributed by atoms with van der Waals surface area (Å²) < 4.78 is 6.07. The molecule has 5 rings (SSSR count). The second kappa shape index (κ2) is 10.9. The molecule has 0 aliphatic heterocycles. The highest BCUT2D eigenvalue weighted by Gasteiger charge is 2.22. The van der Waals surface area contributed by atoms with Gasteiger partial charge in [0.05, 0.1) is 5.52 Å². The Bertz CT molecular complexity index is 1300. The van der Waals surface area contributed by atoms with Crippen molar-refractivity contribution in [3.8, 4) is 11.6 Å². The second-order valence-corrected chi connectivity index (χ2v) is 9.74.